The van der Waals surface area contributed by atoms with Crippen molar-refractivity contribution in [2.24, 2.45) is 0 Å². The fourth-order valence-corrected chi connectivity index (χ4v) is 6.47. The Morgan fingerprint density at radius 2 is 0.927 bits per heavy atom. The summed E-state index contributed by atoms with van der Waals surface area (Å²) in [6.45, 7) is -6.31. The normalized spacial score (nSPS) is 17.2. The number of hydrogen-bond acceptors (Lipinski definition) is 7. The first-order valence-electron chi connectivity index (χ1n) is 13.9. The Kier molecular flexibility index (Phi) is 15.2. The van der Waals surface area contributed by atoms with Gasteiger partial charge in [0.15, 0.2) is 0 Å². The molecule has 0 saturated carbocycles. The molecule has 2 unspecified atom stereocenters. The zero-order chi connectivity index (χ0) is 44.9. The third-order valence-corrected chi connectivity index (χ3v) is 10.3. The average Bonchev–Trinajstić information content (AvgIpc) is 2.97. The molecule has 4 N–H and O–H groups in total. The fourth-order valence-electron chi connectivity index (χ4n) is 4.30. The molecule has 0 bridgehead atoms. The lowest BCUT2D eigenvalue weighted by molar-refractivity contribution is -0.893. The van der Waals surface area contributed by atoms with Gasteiger partial charge in [-0.3, -0.25) is 4.55 Å². The minimum atomic E-state index is -9.53. The number of rotatable bonds is 22. The van der Waals surface area contributed by atoms with E-state index in [-0.39, 0.29) is 0 Å². The fraction of sp³-hybridized carbons (Fsp3) is 1.00. The summed E-state index contributed by atoms with van der Waals surface area (Å²) in [4.78, 5) is 0. The van der Waals surface area contributed by atoms with Gasteiger partial charge in [-0.25, -0.2) is 8.42 Å². The molecule has 0 spiro atoms. The van der Waals surface area contributed by atoms with E-state index < -0.39 is 151 Å². The maximum Gasteiger partial charge on any atom is 0.460 e. The molecule has 0 aliphatic carbocycles. The number of likely N-dealkylation sites (N-methyl/N-ethyl adjacent to an activating group) is 1. The van der Waals surface area contributed by atoms with Crippen LogP contribution in [0.5, 0.6) is 0 Å². The Bertz CT molecular complexity index is 1540. The van der Waals surface area contributed by atoms with Crippen LogP contribution in [0, 0.1) is 0 Å². The van der Waals surface area contributed by atoms with Crippen LogP contribution < -0.4 is 0 Å². The highest BCUT2D eigenvalue weighted by Gasteiger charge is 2.98. The number of aliphatic hydroxyl groups is 3. The van der Waals surface area contributed by atoms with E-state index in [1.807, 2.05) is 0 Å². The highest BCUT2D eigenvalue weighted by molar-refractivity contribution is 7.90. The van der Waals surface area contributed by atoms with Crippen LogP contribution in [-0.2, 0) is 20.1 Å². The largest absolute Gasteiger partial charge is 0.460 e. The summed E-state index contributed by atoms with van der Waals surface area (Å²) in [5.41, 5.74) is 0. The molecule has 0 aromatic carbocycles. The predicted octanol–water partition coefficient (Wildman–Crippen LogP) is 4.31. The summed E-state index contributed by atoms with van der Waals surface area (Å²) in [7, 11) is -11.3. The number of halogens is 21. The van der Waals surface area contributed by atoms with E-state index in [1.165, 1.54) is 0 Å². The van der Waals surface area contributed by atoms with Crippen LogP contribution in [0.2, 0.25) is 0 Å². The summed E-state index contributed by atoms with van der Waals surface area (Å²) >= 11 is 0. The Labute approximate surface area is 294 Å². The molecule has 332 valence electrons. The molecule has 55 heavy (non-hydrogen) atoms. The molecule has 33 heteroatoms. The standard InChI is InChI=1S/C22H27F21N2O8S2/c1-45(2,8-12(48)10-47)6-4-11(9-46)44(5-3-7-54(49,50)51)55(52,53)22(42,43)20(37,38)18(33,34)16(29,30)14(25,26)13(23,24)15(27,28)17(31,32)19(35,36)21(39,40)41/h11-12,46-48H,3-10H2,1-2H3/p+1. The van der Waals surface area contributed by atoms with Gasteiger partial charge in [-0.1, -0.05) is 0 Å². The van der Waals surface area contributed by atoms with Crippen molar-refractivity contribution in [3.63, 3.8) is 0 Å². The topological polar surface area (TPSA) is 152 Å². The van der Waals surface area contributed by atoms with Gasteiger partial charge in [0.25, 0.3) is 20.1 Å². The van der Waals surface area contributed by atoms with Gasteiger partial charge in [0, 0.05) is 13.0 Å². The van der Waals surface area contributed by atoms with E-state index in [4.69, 9.17) is 9.66 Å². The first-order chi connectivity index (χ1) is 23.7. The van der Waals surface area contributed by atoms with E-state index in [9.17, 15) is 110 Å². The van der Waals surface area contributed by atoms with E-state index >= 15 is 8.78 Å². The van der Waals surface area contributed by atoms with Crippen molar-refractivity contribution in [1.82, 2.24) is 4.31 Å². The Hall–Kier alpha value is -1.81. The first-order valence-corrected chi connectivity index (χ1v) is 16.9. The van der Waals surface area contributed by atoms with Gasteiger partial charge in [-0.2, -0.15) is 105 Å². The van der Waals surface area contributed by atoms with Gasteiger partial charge >= 0.3 is 58.8 Å². The summed E-state index contributed by atoms with van der Waals surface area (Å²) in [5, 5.41) is 20.0. The second kappa shape index (κ2) is 15.7. The molecule has 0 amide bonds. The molecule has 0 radical (unpaired) electrons. The molecule has 2 atom stereocenters. The highest BCUT2D eigenvalue weighted by Crippen LogP contribution is 2.66. The number of aliphatic hydroxyl groups excluding tert-OH is 3. The van der Waals surface area contributed by atoms with Crippen molar-refractivity contribution in [1.29, 1.82) is 0 Å². The summed E-state index contributed by atoms with van der Waals surface area (Å²) in [6, 6.07) is -2.76. The van der Waals surface area contributed by atoms with Gasteiger partial charge in [-0.05, 0) is 6.42 Å². The minimum Gasteiger partial charge on any atom is -0.395 e. The van der Waals surface area contributed by atoms with E-state index in [0.717, 1.165) is 14.1 Å². The molecular formula is C22H28F21N2O8S2+. The summed E-state index contributed by atoms with van der Waals surface area (Å²) in [5.74, 6) is -75.5. The molecule has 0 aliphatic heterocycles. The smallest absolute Gasteiger partial charge is 0.395 e. The predicted molar refractivity (Wildman–Crippen MR) is 138 cm³/mol. The van der Waals surface area contributed by atoms with Crippen LogP contribution in [0.25, 0.3) is 0 Å². The molecule has 0 aromatic heterocycles. The van der Waals surface area contributed by atoms with E-state index in [2.05, 4.69) is 0 Å². The molecule has 0 saturated heterocycles. The zero-order valence-electron chi connectivity index (χ0n) is 26.9. The van der Waals surface area contributed by atoms with Crippen LogP contribution >= 0.6 is 0 Å². The second-order valence-corrected chi connectivity index (χ2v) is 15.7. The lowest BCUT2D eigenvalue weighted by Crippen LogP contribution is -2.77. The average molecular weight is 912 g/mol. The van der Waals surface area contributed by atoms with E-state index in [1.54, 1.807) is 0 Å². The second-order valence-electron chi connectivity index (χ2n) is 12.2. The molecule has 0 fully saturated rings. The Balaban J connectivity index is 7.53. The lowest BCUT2D eigenvalue weighted by atomic mass is 9.87. The Morgan fingerprint density at radius 1 is 0.582 bits per heavy atom. The van der Waals surface area contributed by atoms with Crippen molar-refractivity contribution in [2.75, 3.05) is 52.7 Å². The van der Waals surface area contributed by atoms with Crippen molar-refractivity contribution < 1.29 is 133 Å². The number of alkyl halides is 21. The zero-order valence-corrected chi connectivity index (χ0v) is 28.5. The lowest BCUT2D eigenvalue weighted by Gasteiger charge is -2.45. The molecular weight excluding hydrogens is 883 g/mol. The van der Waals surface area contributed by atoms with Crippen LogP contribution in [-0.4, -0.2) is 169 Å². The first kappa shape index (κ1) is 53.2. The number of hydrogen-bond donors (Lipinski definition) is 4. The molecule has 0 aromatic rings. The monoisotopic (exact) mass is 911 g/mol. The Morgan fingerprint density at radius 3 is 1.24 bits per heavy atom. The molecule has 10 nitrogen and oxygen atoms in total. The molecule has 0 heterocycles. The molecule has 0 aliphatic rings. The third kappa shape index (κ3) is 9.10. The van der Waals surface area contributed by atoms with Crippen molar-refractivity contribution >= 4 is 20.1 Å². The van der Waals surface area contributed by atoms with Crippen molar-refractivity contribution in [2.45, 2.75) is 83.8 Å². The van der Waals surface area contributed by atoms with Crippen LogP contribution in [0.1, 0.15) is 12.8 Å². The SMILES string of the molecule is C[N+](C)(CCC(CO)N(CCCS(=O)(=O)O)S(=O)(=O)C(F)(F)C(F)(F)C(F)(F)C(F)(F)C(F)(F)C(F)(F)C(F)(F)C(F)(F)C(F)(F)C(F)(F)F)CC(O)CO. The quantitative estimate of drug-likeness (QED) is 0.0714. The minimum absolute atomic E-state index is 0.558. The van der Waals surface area contributed by atoms with Crippen LogP contribution in [0.3, 0.4) is 0 Å². The third-order valence-electron chi connectivity index (χ3n) is 7.50. The van der Waals surface area contributed by atoms with Crippen LogP contribution in [0.4, 0.5) is 92.2 Å². The van der Waals surface area contributed by atoms with Crippen molar-refractivity contribution in [3.05, 3.63) is 0 Å². The van der Waals surface area contributed by atoms with Crippen molar-refractivity contribution in [3.8, 4) is 0 Å². The van der Waals surface area contributed by atoms with Gasteiger partial charge < -0.3 is 19.8 Å². The van der Waals surface area contributed by atoms with Gasteiger partial charge in [0.05, 0.1) is 45.6 Å². The summed E-state index contributed by atoms with van der Waals surface area (Å²) in [6.07, 6.45) is -12.6. The molecule has 0 rings (SSSR count). The summed E-state index contributed by atoms with van der Waals surface area (Å²) < 4.78 is 345. The highest BCUT2D eigenvalue weighted by atomic mass is 32.2. The number of nitrogens with zero attached hydrogens (tertiary/aromatic N) is 2. The number of sulfonamides is 1. The number of quaternary nitrogens is 1. The maximum atomic E-state index is 15.1. The van der Waals surface area contributed by atoms with Gasteiger partial charge in [0.2, 0.25) is 0 Å². The van der Waals surface area contributed by atoms with E-state index in [0.29, 0.717) is 0 Å². The van der Waals surface area contributed by atoms with Gasteiger partial charge in [-0.15, -0.1) is 0 Å². The maximum absolute atomic E-state index is 15.1. The van der Waals surface area contributed by atoms with Gasteiger partial charge in [0.1, 0.15) is 12.6 Å². The van der Waals surface area contributed by atoms with Crippen LogP contribution in [0.15, 0.2) is 0 Å².